The van der Waals surface area contributed by atoms with Gasteiger partial charge in [0.15, 0.2) is 6.61 Å². The standard InChI is InChI=1S/C12H8BrF3O/c13-11-3-1-2-8-4-5-9(6-10(8)11)17-7-12(14,15)16/h1-6H,7H2. The highest BCUT2D eigenvalue weighted by atomic mass is 79.9. The summed E-state index contributed by atoms with van der Waals surface area (Å²) in [6.07, 6.45) is -4.32. The quantitative estimate of drug-likeness (QED) is 0.791. The molecule has 0 aliphatic rings. The van der Waals surface area contributed by atoms with E-state index in [1.807, 2.05) is 18.2 Å². The van der Waals surface area contributed by atoms with E-state index >= 15 is 0 Å². The van der Waals surface area contributed by atoms with E-state index in [9.17, 15) is 13.2 Å². The summed E-state index contributed by atoms with van der Waals surface area (Å²) in [4.78, 5) is 0. The molecule has 0 aliphatic heterocycles. The van der Waals surface area contributed by atoms with Crippen LogP contribution in [0.2, 0.25) is 0 Å². The number of halogens is 4. The van der Waals surface area contributed by atoms with Crippen molar-refractivity contribution in [2.24, 2.45) is 0 Å². The first-order chi connectivity index (χ1) is 7.96. The number of fused-ring (bicyclic) bond motifs is 1. The highest BCUT2D eigenvalue weighted by Gasteiger charge is 2.28. The van der Waals surface area contributed by atoms with Crippen LogP contribution in [0.1, 0.15) is 0 Å². The van der Waals surface area contributed by atoms with Crippen molar-refractivity contribution in [1.82, 2.24) is 0 Å². The van der Waals surface area contributed by atoms with Gasteiger partial charge in [-0.05, 0) is 29.0 Å². The van der Waals surface area contributed by atoms with Gasteiger partial charge in [-0.1, -0.05) is 34.1 Å². The van der Waals surface area contributed by atoms with Gasteiger partial charge in [0, 0.05) is 4.47 Å². The Hall–Kier alpha value is -1.23. The predicted octanol–water partition coefficient (Wildman–Crippen LogP) is 4.54. The maximum atomic E-state index is 12.0. The summed E-state index contributed by atoms with van der Waals surface area (Å²) in [7, 11) is 0. The van der Waals surface area contributed by atoms with E-state index in [0.29, 0.717) is 0 Å². The minimum absolute atomic E-state index is 0.210. The van der Waals surface area contributed by atoms with Crippen LogP contribution in [-0.2, 0) is 0 Å². The maximum Gasteiger partial charge on any atom is 0.422 e. The third kappa shape index (κ3) is 3.12. The molecule has 1 nitrogen and oxygen atoms in total. The van der Waals surface area contributed by atoms with Crippen molar-refractivity contribution in [3.8, 4) is 5.75 Å². The zero-order valence-electron chi connectivity index (χ0n) is 8.59. The molecule has 0 saturated carbocycles. The van der Waals surface area contributed by atoms with Crippen LogP contribution in [-0.4, -0.2) is 12.8 Å². The van der Waals surface area contributed by atoms with Gasteiger partial charge in [0.25, 0.3) is 0 Å². The summed E-state index contributed by atoms with van der Waals surface area (Å²) in [5.74, 6) is 0.210. The zero-order valence-corrected chi connectivity index (χ0v) is 10.2. The van der Waals surface area contributed by atoms with Gasteiger partial charge < -0.3 is 4.74 Å². The first-order valence-electron chi connectivity index (χ1n) is 4.83. The first-order valence-corrected chi connectivity index (χ1v) is 5.63. The van der Waals surface area contributed by atoms with E-state index in [-0.39, 0.29) is 5.75 Å². The van der Waals surface area contributed by atoms with E-state index in [2.05, 4.69) is 20.7 Å². The molecule has 90 valence electrons. The van der Waals surface area contributed by atoms with Gasteiger partial charge in [-0.25, -0.2) is 0 Å². The number of alkyl halides is 3. The van der Waals surface area contributed by atoms with Crippen molar-refractivity contribution in [3.05, 3.63) is 40.9 Å². The van der Waals surface area contributed by atoms with Crippen molar-refractivity contribution in [1.29, 1.82) is 0 Å². The fourth-order valence-corrected chi connectivity index (χ4v) is 1.96. The number of hydrogen-bond acceptors (Lipinski definition) is 1. The van der Waals surface area contributed by atoms with E-state index in [0.717, 1.165) is 15.2 Å². The predicted molar refractivity (Wildman–Crippen MR) is 63.2 cm³/mol. The Labute approximate surface area is 104 Å². The Morgan fingerprint density at radius 3 is 2.59 bits per heavy atom. The van der Waals surface area contributed by atoms with Crippen LogP contribution in [0.15, 0.2) is 40.9 Å². The molecule has 0 aliphatic carbocycles. The molecule has 0 amide bonds. The number of rotatable bonds is 2. The largest absolute Gasteiger partial charge is 0.484 e. The second-order valence-electron chi connectivity index (χ2n) is 3.53. The molecule has 5 heteroatoms. The first kappa shape index (κ1) is 12.2. The lowest BCUT2D eigenvalue weighted by Gasteiger charge is -2.10. The molecule has 0 radical (unpaired) electrons. The molecule has 0 bridgehead atoms. The van der Waals surface area contributed by atoms with Gasteiger partial charge >= 0.3 is 6.18 Å². The fraction of sp³-hybridized carbons (Fsp3) is 0.167. The lowest BCUT2D eigenvalue weighted by Crippen LogP contribution is -2.19. The normalized spacial score (nSPS) is 11.8. The zero-order chi connectivity index (χ0) is 12.5. The molecule has 0 unspecified atom stereocenters. The Morgan fingerprint density at radius 2 is 1.88 bits per heavy atom. The smallest absolute Gasteiger partial charge is 0.422 e. The highest BCUT2D eigenvalue weighted by molar-refractivity contribution is 9.10. The molecule has 17 heavy (non-hydrogen) atoms. The highest BCUT2D eigenvalue weighted by Crippen LogP contribution is 2.28. The molecule has 2 rings (SSSR count). The van der Waals surface area contributed by atoms with Crippen LogP contribution in [0, 0.1) is 0 Å². The molecular weight excluding hydrogens is 297 g/mol. The minimum atomic E-state index is -4.32. The molecule has 0 saturated heterocycles. The summed E-state index contributed by atoms with van der Waals surface area (Å²) >= 11 is 3.34. The Bertz CT molecular complexity index is 537. The topological polar surface area (TPSA) is 9.23 Å². The van der Waals surface area contributed by atoms with E-state index in [4.69, 9.17) is 0 Å². The van der Waals surface area contributed by atoms with Gasteiger partial charge in [-0.3, -0.25) is 0 Å². The third-order valence-electron chi connectivity index (χ3n) is 2.20. The second kappa shape index (κ2) is 4.56. The number of hydrogen-bond donors (Lipinski definition) is 0. The summed E-state index contributed by atoms with van der Waals surface area (Å²) in [6.45, 7) is -1.27. The van der Waals surface area contributed by atoms with E-state index in [1.165, 1.54) is 6.07 Å². The summed E-state index contributed by atoms with van der Waals surface area (Å²) in [5.41, 5.74) is 0. The maximum absolute atomic E-state index is 12.0. The van der Waals surface area contributed by atoms with Crippen LogP contribution >= 0.6 is 15.9 Å². The lowest BCUT2D eigenvalue weighted by molar-refractivity contribution is -0.153. The second-order valence-corrected chi connectivity index (χ2v) is 4.38. The van der Waals surface area contributed by atoms with Crippen molar-refractivity contribution in [2.75, 3.05) is 6.61 Å². The van der Waals surface area contributed by atoms with Gasteiger partial charge in [-0.15, -0.1) is 0 Å². The van der Waals surface area contributed by atoms with Crippen molar-refractivity contribution >= 4 is 26.7 Å². The van der Waals surface area contributed by atoms with Gasteiger partial charge in [-0.2, -0.15) is 13.2 Å². The van der Waals surface area contributed by atoms with Crippen LogP contribution in [0.25, 0.3) is 10.8 Å². The molecule has 2 aromatic carbocycles. The molecule has 0 atom stereocenters. The minimum Gasteiger partial charge on any atom is -0.484 e. The Balaban J connectivity index is 2.28. The molecule has 0 aromatic heterocycles. The number of benzene rings is 2. The average molecular weight is 305 g/mol. The Morgan fingerprint density at radius 1 is 1.12 bits per heavy atom. The fourth-order valence-electron chi connectivity index (χ4n) is 1.47. The molecule has 0 fully saturated rings. The van der Waals surface area contributed by atoms with Gasteiger partial charge in [0.05, 0.1) is 0 Å². The van der Waals surface area contributed by atoms with E-state index in [1.54, 1.807) is 12.1 Å². The number of ether oxygens (including phenoxy) is 1. The summed E-state index contributed by atoms with van der Waals surface area (Å²) in [6, 6.07) is 10.4. The Kier molecular flexibility index (Phi) is 3.28. The monoisotopic (exact) mass is 304 g/mol. The van der Waals surface area contributed by atoms with Crippen molar-refractivity contribution in [2.45, 2.75) is 6.18 Å². The van der Waals surface area contributed by atoms with Crippen molar-refractivity contribution < 1.29 is 17.9 Å². The molecular formula is C12H8BrF3O. The molecule has 2 aromatic rings. The summed E-state index contributed by atoms with van der Waals surface area (Å²) < 4.78 is 41.5. The van der Waals surface area contributed by atoms with E-state index < -0.39 is 12.8 Å². The van der Waals surface area contributed by atoms with Gasteiger partial charge in [0.1, 0.15) is 5.75 Å². The molecule has 0 N–H and O–H groups in total. The molecule has 0 spiro atoms. The molecule has 0 heterocycles. The SMILES string of the molecule is FC(F)(F)COc1ccc2cccc(Br)c2c1. The average Bonchev–Trinajstić information content (AvgIpc) is 2.26. The van der Waals surface area contributed by atoms with Crippen molar-refractivity contribution in [3.63, 3.8) is 0 Å². The third-order valence-corrected chi connectivity index (χ3v) is 2.89. The lowest BCUT2D eigenvalue weighted by atomic mass is 10.1. The van der Waals surface area contributed by atoms with Crippen LogP contribution in [0.5, 0.6) is 5.75 Å². The van der Waals surface area contributed by atoms with Crippen LogP contribution < -0.4 is 4.74 Å². The van der Waals surface area contributed by atoms with Crippen LogP contribution in [0.4, 0.5) is 13.2 Å². The summed E-state index contributed by atoms with van der Waals surface area (Å²) in [5, 5.41) is 1.77. The van der Waals surface area contributed by atoms with Gasteiger partial charge in [0.2, 0.25) is 0 Å². The van der Waals surface area contributed by atoms with Crippen LogP contribution in [0.3, 0.4) is 0 Å².